The van der Waals surface area contributed by atoms with Crippen LogP contribution in [0.4, 0.5) is 0 Å². The number of alkyl halides is 1. The number of halogens is 1. The van der Waals surface area contributed by atoms with Gasteiger partial charge < -0.3 is 4.74 Å². The van der Waals surface area contributed by atoms with Gasteiger partial charge in [0.1, 0.15) is 3.92 Å². The van der Waals surface area contributed by atoms with Gasteiger partial charge >= 0.3 is 5.97 Å². The summed E-state index contributed by atoms with van der Waals surface area (Å²) in [5.74, 6) is -0.368. The van der Waals surface area contributed by atoms with Gasteiger partial charge in [0.05, 0.1) is 7.11 Å². The van der Waals surface area contributed by atoms with Crippen LogP contribution in [0.1, 0.15) is 0 Å². The van der Waals surface area contributed by atoms with Crippen LogP contribution in [0.5, 0.6) is 0 Å². The fraction of sp³-hybridized carbons (Fsp3) is 0.750. The molecular formula is C4H6IN3O2. The highest BCUT2D eigenvalue weighted by molar-refractivity contribution is 14.1. The number of esters is 1. The predicted molar refractivity (Wildman–Crippen MR) is 43.8 cm³/mol. The zero-order chi connectivity index (χ0) is 7.98. The molecule has 0 radical (unpaired) electrons. The van der Waals surface area contributed by atoms with Crippen molar-refractivity contribution in [1.29, 1.82) is 0 Å². The van der Waals surface area contributed by atoms with E-state index in [1.165, 1.54) is 7.11 Å². The summed E-state index contributed by atoms with van der Waals surface area (Å²) in [6.07, 6.45) is 0. The molecule has 6 heteroatoms. The van der Waals surface area contributed by atoms with E-state index in [4.69, 9.17) is 5.53 Å². The molecule has 0 aromatic rings. The molecule has 0 aliphatic heterocycles. The number of hydrogen-bond acceptors (Lipinski definition) is 3. The Morgan fingerprint density at radius 3 is 3.00 bits per heavy atom. The molecule has 5 nitrogen and oxygen atoms in total. The van der Waals surface area contributed by atoms with E-state index in [-0.39, 0.29) is 16.4 Å². The number of carbonyl (C=O) groups is 1. The van der Waals surface area contributed by atoms with Gasteiger partial charge in [-0.05, 0) is 5.53 Å². The largest absolute Gasteiger partial charge is 0.468 e. The van der Waals surface area contributed by atoms with Crippen molar-refractivity contribution in [3.8, 4) is 0 Å². The van der Waals surface area contributed by atoms with Crippen molar-refractivity contribution in [1.82, 2.24) is 0 Å². The van der Waals surface area contributed by atoms with Crippen LogP contribution >= 0.6 is 22.6 Å². The van der Waals surface area contributed by atoms with Crippen LogP contribution in [0.15, 0.2) is 5.11 Å². The van der Waals surface area contributed by atoms with Gasteiger partial charge in [0.15, 0.2) is 0 Å². The van der Waals surface area contributed by atoms with E-state index < -0.39 is 0 Å². The molecule has 0 aliphatic rings. The molecule has 0 saturated carbocycles. The Bertz CT molecular complexity index is 166. The summed E-state index contributed by atoms with van der Waals surface area (Å²) in [7, 11) is 1.30. The third kappa shape index (κ3) is 3.52. The van der Waals surface area contributed by atoms with Crippen molar-refractivity contribution in [2.75, 3.05) is 13.7 Å². The Labute approximate surface area is 71.5 Å². The second-order valence-electron chi connectivity index (χ2n) is 1.40. The Morgan fingerprint density at radius 1 is 2.00 bits per heavy atom. The number of nitrogens with zero attached hydrogens (tertiary/aromatic N) is 3. The van der Waals surface area contributed by atoms with Crippen molar-refractivity contribution < 1.29 is 9.53 Å². The predicted octanol–water partition coefficient (Wildman–Crippen LogP) is 1.27. The van der Waals surface area contributed by atoms with Crippen LogP contribution in [0.25, 0.3) is 10.4 Å². The lowest BCUT2D eigenvalue weighted by Gasteiger charge is -2.01. The zero-order valence-corrected chi connectivity index (χ0v) is 7.48. The lowest BCUT2D eigenvalue weighted by atomic mass is 10.4. The second-order valence-corrected chi connectivity index (χ2v) is 2.91. The summed E-state index contributed by atoms with van der Waals surface area (Å²) in [6.45, 7) is 0.143. The first-order valence-corrected chi connectivity index (χ1v) is 3.69. The molecule has 0 aromatic heterocycles. The molecule has 56 valence electrons. The third-order valence-corrected chi connectivity index (χ3v) is 1.66. The van der Waals surface area contributed by atoms with Crippen molar-refractivity contribution in [2.24, 2.45) is 5.11 Å². The van der Waals surface area contributed by atoms with Crippen LogP contribution in [-0.4, -0.2) is 23.5 Å². The topological polar surface area (TPSA) is 75.1 Å². The van der Waals surface area contributed by atoms with Crippen LogP contribution < -0.4 is 0 Å². The highest BCUT2D eigenvalue weighted by Crippen LogP contribution is 2.02. The van der Waals surface area contributed by atoms with Crippen LogP contribution in [0, 0.1) is 0 Å². The average Bonchev–Trinajstić information content (AvgIpc) is 1.98. The summed E-state index contributed by atoms with van der Waals surface area (Å²) < 4.78 is 4.00. The molecule has 0 fully saturated rings. The molecule has 1 atom stereocenters. The molecular weight excluding hydrogens is 249 g/mol. The monoisotopic (exact) mass is 255 g/mol. The highest BCUT2D eigenvalue weighted by atomic mass is 127. The van der Waals surface area contributed by atoms with Crippen LogP contribution in [0.2, 0.25) is 0 Å². The first kappa shape index (κ1) is 9.51. The molecule has 0 N–H and O–H groups in total. The van der Waals surface area contributed by atoms with Gasteiger partial charge in [-0.1, -0.05) is 27.7 Å². The molecule has 0 saturated heterocycles. The molecule has 0 rings (SSSR count). The van der Waals surface area contributed by atoms with E-state index >= 15 is 0 Å². The molecule has 10 heavy (non-hydrogen) atoms. The average molecular weight is 255 g/mol. The molecule has 0 aromatic carbocycles. The lowest BCUT2D eigenvalue weighted by Crippen LogP contribution is -2.17. The summed E-state index contributed by atoms with van der Waals surface area (Å²) in [6, 6.07) is 0. The standard InChI is InChI=1S/C4H6IN3O2/c1-10-4(9)3(5)2-7-8-6/h3H,2H2,1H3. The van der Waals surface area contributed by atoms with E-state index in [9.17, 15) is 4.79 Å². The molecule has 0 aliphatic carbocycles. The van der Waals surface area contributed by atoms with Crippen molar-refractivity contribution in [3.63, 3.8) is 0 Å². The minimum atomic E-state index is -0.376. The van der Waals surface area contributed by atoms with E-state index in [0.29, 0.717) is 0 Å². The van der Waals surface area contributed by atoms with E-state index in [1.54, 1.807) is 0 Å². The normalized spacial score (nSPS) is 11.4. The van der Waals surface area contributed by atoms with Gasteiger partial charge in [-0.3, -0.25) is 4.79 Å². The number of methoxy groups -OCH3 is 1. The minimum absolute atomic E-state index is 0.143. The number of carbonyl (C=O) groups excluding carboxylic acids is 1. The van der Waals surface area contributed by atoms with Crippen LogP contribution in [-0.2, 0) is 9.53 Å². The Morgan fingerprint density at radius 2 is 2.60 bits per heavy atom. The number of azide groups is 1. The van der Waals surface area contributed by atoms with Gasteiger partial charge in [0.25, 0.3) is 0 Å². The van der Waals surface area contributed by atoms with E-state index in [2.05, 4.69) is 14.8 Å². The maximum atomic E-state index is 10.6. The quantitative estimate of drug-likeness (QED) is 0.190. The number of rotatable bonds is 3. The molecule has 0 heterocycles. The van der Waals surface area contributed by atoms with E-state index in [0.717, 1.165) is 0 Å². The van der Waals surface area contributed by atoms with Gasteiger partial charge in [-0.2, -0.15) is 0 Å². The SMILES string of the molecule is COC(=O)C(I)CN=[N+]=[N-]. The molecule has 0 bridgehead atoms. The van der Waals surface area contributed by atoms with Gasteiger partial charge in [-0.15, -0.1) is 0 Å². The summed E-state index contributed by atoms with van der Waals surface area (Å²) >= 11 is 1.85. The highest BCUT2D eigenvalue weighted by Gasteiger charge is 2.12. The summed E-state index contributed by atoms with van der Waals surface area (Å²) in [5, 5.41) is 3.21. The maximum Gasteiger partial charge on any atom is 0.318 e. The zero-order valence-electron chi connectivity index (χ0n) is 5.32. The van der Waals surface area contributed by atoms with Crippen molar-refractivity contribution in [2.45, 2.75) is 3.92 Å². The Kier molecular flexibility index (Phi) is 5.05. The number of ether oxygens (including phenoxy) is 1. The number of hydrogen-bond donors (Lipinski definition) is 0. The third-order valence-electron chi connectivity index (χ3n) is 0.762. The smallest absolute Gasteiger partial charge is 0.318 e. The first-order valence-electron chi connectivity index (χ1n) is 2.45. The maximum absolute atomic E-state index is 10.6. The van der Waals surface area contributed by atoms with Gasteiger partial charge in [-0.25, -0.2) is 0 Å². The van der Waals surface area contributed by atoms with Gasteiger partial charge in [0.2, 0.25) is 0 Å². The Balaban J connectivity index is 3.72. The molecule has 0 spiro atoms. The Hall–Kier alpha value is -0.490. The van der Waals surface area contributed by atoms with Crippen molar-refractivity contribution in [3.05, 3.63) is 10.4 Å². The van der Waals surface area contributed by atoms with Crippen molar-refractivity contribution >= 4 is 28.6 Å². The molecule has 0 amide bonds. The van der Waals surface area contributed by atoms with Gasteiger partial charge in [0, 0.05) is 11.5 Å². The minimum Gasteiger partial charge on any atom is -0.468 e. The second kappa shape index (κ2) is 5.31. The van der Waals surface area contributed by atoms with Crippen LogP contribution in [0.3, 0.4) is 0 Å². The molecule has 1 unspecified atom stereocenters. The first-order chi connectivity index (χ1) is 4.72. The summed E-state index contributed by atoms with van der Waals surface area (Å²) in [4.78, 5) is 13.1. The lowest BCUT2D eigenvalue weighted by molar-refractivity contribution is -0.139. The summed E-state index contributed by atoms with van der Waals surface area (Å²) in [5.41, 5.74) is 7.87. The fourth-order valence-corrected chi connectivity index (χ4v) is 0.741. The van der Waals surface area contributed by atoms with E-state index in [1.807, 2.05) is 22.6 Å². The fourth-order valence-electron chi connectivity index (χ4n) is 0.311.